The highest BCUT2D eigenvalue weighted by Gasteiger charge is 2.42. The van der Waals surface area contributed by atoms with E-state index in [-0.39, 0.29) is 12.5 Å². The molecule has 0 aromatic carbocycles. The van der Waals surface area contributed by atoms with E-state index < -0.39 is 23.5 Å². The van der Waals surface area contributed by atoms with E-state index in [1.54, 1.807) is 11.8 Å². The summed E-state index contributed by atoms with van der Waals surface area (Å²) in [4.78, 5) is 37.5. The number of rotatable bonds is 2. The summed E-state index contributed by atoms with van der Waals surface area (Å²) in [5.74, 6) is -0.989. The second-order valence-electron chi connectivity index (χ2n) is 5.39. The summed E-state index contributed by atoms with van der Waals surface area (Å²) < 4.78 is 4.81. The van der Waals surface area contributed by atoms with Crippen LogP contribution in [0, 0.1) is 5.41 Å². The molecule has 2 heterocycles. The van der Waals surface area contributed by atoms with Gasteiger partial charge in [-0.2, -0.15) is 0 Å². The topological polar surface area (TPSA) is 87.2 Å². The van der Waals surface area contributed by atoms with Gasteiger partial charge in [0.2, 0.25) is 5.91 Å². The standard InChI is InChI=1S/C12H18N2O5/c1-12(10(16)17)3-5-14(6-4-12)9(15)8-7-19-11(18)13(8)2/h8H,3-7H2,1-2H3,(H,16,17). The van der Waals surface area contributed by atoms with Crippen molar-refractivity contribution in [3.63, 3.8) is 0 Å². The molecule has 2 rings (SSSR count). The Morgan fingerprint density at radius 2 is 1.95 bits per heavy atom. The van der Waals surface area contributed by atoms with Gasteiger partial charge in [-0.1, -0.05) is 0 Å². The van der Waals surface area contributed by atoms with E-state index >= 15 is 0 Å². The molecular weight excluding hydrogens is 252 g/mol. The largest absolute Gasteiger partial charge is 0.481 e. The summed E-state index contributed by atoms with van der Waals surface area (Å²) in [6.45, 7) is 2.58. The van der Waals surface area contributed by atoms with Crippen molar-refractivity contribution < 1.29 is 24.2 Å². The second kappa shape index (κ2) is 4.71. The number of likely N-dealkylation sites (tertiary alicyclic amines) is 1. The summed E-state index contributed by atoms with van der Waals surface area (Å²) in [6.07, 6.45) is 0.365. The smallest absolute Gasteiger partial charge is 0.410 e. The van der Waals surface area contributed by atoms with Gasteiger partial charge >= 0.3 is 12.1 Å². The molecule has 1 N–H and O–H groups in total. The van der Waals surface area contributed by atoms with Crippen LogP contribution in [0.1, 0.15) is 19.8 Å². The molecule has 7 heteroatoms. The van der Waals surface area contributed by atoms with E-state index in [4.69, 9.17) is 9.84 Å². The van der Waals surface area contributed by atoms with E-state index in [0.29, 0.717) is 25.9 Å². The van der Waals surface area contributed by atoms with Gasteiger partial charge < -0.3 is 14.7 Å². The van der Waals surface area contributed by atoms with Crippen LogP contribution in [0.15, 0.2) is 0 Å². The lowest BCUT2D eigenvalue weighted by atomic mass is 9.80. The van der Waals surface area contributed by atoms with Crippen LogP contribution in [0.5, 0.6) is 0 Å². The number of likely N-dealkylation sites (N-methyl/N-ethyl adjacent to an activating group) is 1. The maximum atomic E-state index is 12.2. The number of aliphatic carboxylic acids is 1. The van der Waals surface area contributed by atoms with Gasteiger partial charge in [-0.05, 0) is 19.8 Å². The molecule has 7 nitrogen and oxygen atoms in total. The van der Waals surface area contributed by atoms with Crippen LogP contribution in [-0.4, -0.2) is 65.7 Å². The number of hydrogen-bond donors (Lipinski definition) is 1. The molecule has 0 saturated carbocycles. The maximum absolute atomic E-state index is 12.2. The fourth-order valence-electron chi connectivity index (χ4n) is 2.37. The molecule has 2 amide bonds. The van der Waals surface area contributed by atoms with Gasteiger partial charge in [-0.25, -0.2) is 4.79 Å². The van der Waals surface area contributed by atoms with Crippen LogP contribution in [0.4, 0.5) is 4.79 Å². The average Bonchev–Trinajstić information content (AvgIpc) is 2.70. The Morgan fingerprint density at radius 1 is 1.37 bits per heavy atom. The van der Waals surface area contributed by atoms with Gasteiger partial charge in [-0.15, -0.1) is 0 Å². The number of ether oxygens (including phenoxy) is 1. The molecule has 2 aliphatic rings. The van der Waals surface area contributed by atoms with Gasteiger partial charge in [0.1, 0.15) is 12.6 Å². The minimum Gasteiger partial charge on any atom is -0.481 e. The van der Waals surface area contributed by atoms with Gasteiger partial charge in [0.15, 0.2) is 0 Å². The van der Waals surface area contributed by atoms with E-state index in [9.17, 15) is 14.4 Å². The van der Waals surface area contributed by atoms with Crippen molar-refractivity contribution in [3.8, 4) is 0 Å². The first-order chi connectivity index (χ1) is 8.85. The Bertz CT molecular complexity index is 414. The second-order valence-corrected chi connectivity index (χ2v) is 5.39. The quantitative estimate of drug-likeness (QED) is 0.771. The predicted octanol–water partition coefficient (Wildman–Crippen LogP) is 0.150. The lowest BCUT2D eigenvalue weighted by molar-refractivity contribution is -0.153. The summed E-state index contributed by atoms with van der Waals surface area (Å²) in [6, 6.07) is -0.582. The molecule has 2 saturated heterocycles. The number of amides is 2. The normalized spacial score (nSPS) is 26.2. The number of carbonyl (C=O) groups is 3. The van der Waals surface area contributed by atoms with Gasteiger partial charge in [0, 0.05) is 20.1 Å². The molecule has 0 spiro atoms. The van der Waals surface area contributed by atoms with Crippen LogP contribution in [0.25, 0.3) is 0 Å². The van der Waals surface area contributed by atoms with Crippen molar-refractivity contribution >= 4 is 18.0 Å². The Hall–Kier alpha value is -1.79. The summed E-state index contributed by atoms with van der Waals surface area (Å²) in [5, 5.41) is 9.13. The first kappa shape index (κ1) is 13.6. The van der Waals surface area contributed by atoms with Gasteiger partial charge in [-0.3, -0.25) is 14.5 Å². The molecule has 0 radical (unpaired) electrons. The fourth-order valence-corrected chi connectivity index (χ4v) is 2.37. The highest BCUT2D eigenvalue weighted by molar-refractivity contribution is 5.88. The van der Waals surface area contributed by atoms with Crippen molar-refractivity contribution in [1.29, 1.82) is 0 Å². The highest BCUT2D eigenvalue weighted by Crippen LogP contribution is 2.31. The molecule has 0 aromatic heterocycles. The lowest BCUT2D eigenvalue weighted by Gasteiger charge is -2.37. The number of hydrogen-bond acceptors (Lipinski definition) is 4. The molecule has 0 aromatic rings. The third kappa shape index (κ3) is 2.36. The molecule has 2 fully saturated rings. The number of carboxylic acids is 1. The zero-order valence-corrected chi connectivity index (χ0v) is 11.1. The van der Waals surface area contributed by atoms with E-state index in [1.165, 1.54) is 11.9 Å². The summed E-state index contributed by atoms with van der Waals surface area (Å²) in [5.41, 5.74) is -0.759. The van der Waals surface area contributed by atoms with Crippen LogP contribution in [0.2, 0.25) is 0 Å². The van der Waals surface area contributed by atoms with Gasteiger partial charge in [0.25, 0.3) is 0 Å². The number of nitrogens with zero attached hydrogens (tertiary/aromatic N) is 2. The van der Waals surface area contributed by atoms with Crippen LogP contribution < -0.4 is 0 Å². The van der Waals surface area contributed by atoms with E-state index in [0.717, 1.165) is 0 Å². The van der Waals surface area contributed by atoms with Gasteiger partial charge in [0.05, 0.1) is 5.41 Å². The monoisotopic (exact) mass is 270 g/mol. The van der Waals surface area contributed by atoms with E-state index in [2.05, 4.69) is 0 Å². The highest BCUT2D eigenvalue weighted by atomic mass is 16.6. The van der Waals surface area contributed by atoms with Crippen LogP contribution >= 0.6 is 0 Å². The summed E-state index contributed by atoms with van der Waals surface area (Å²) in [7, 11) is 1.53. The Labute approximate surface area is 111 Å². The maximum Gasteiger partial charge on any atom is 0.410 e. The Morgan fingerprint density at radius 3 is 2.37 bits per heavy atom. The fraction of sp³-hybridized carbons (Fsp3) is 0.750. The molecular formula is C12H18N2O5. The van der Waals surface area contributed by atoms with Crippen LogP contribution in [0.3, 0.4) is 0 Å². The SMILES string of the molecule is CN1C(=O)OCC1C(=O)N1CCC(C)(C(=O)O)CC1. The van der Waals surface area contributed by atoms with E-state index in [1.807, 2.05) is 0 Å². The zero-order valence-electron chi connectivity index (χ0n) is 11.1. The molecule has 19 heavy (non-hydrogen) atoms. The Balaban J connectivity index is 1.97. The molecule has 106 valence electrons. The Kier molecular flexibility index (Phi) is 3.38. The minimum atomic E-state index is -0.823. The first-order valence-corrected chi connectivity index (χ1v) is 6.27. The molecule has 2 aliphatic heterocycles. The number of carboxylic acid groups (broad SMARTS) is 1. The van der Waals surface area contributed by atoms with Crippen molar-refractivity contribution in [2.24, 2.45) is 5.41 Å². The molecule has 1 unspecified atom stereocenters. The van der Waals surface area contributed by atoms with Crippen LogP contribution in [-0.2, 0) is 14.3 Å². The number of cyclic esters (lactones) is 1. The lowest BCUT2D eigenvalue weighted by Crippen LogP contribution is -2.51. The van der Waals surface area contributed by atoms with Crippen molar-refractivity contribution in [1.82, 2.24) is 9.80 Å². The first-order valence-electron chi connectivity index (χ1n) is 6.27. The third-order valence-electron chi connectivity index (χ3n) is 4.10. The average molecular weight is 270 g/mol. The predicted molar refractivity (Wildman–Crippen MR) is 64.5 cm³/mol. The molecule has 0 bridgehead atoms. The third-order valence-corrected chi connectivity index (χ3v) is 4.10. The molecule has 1 atom stereocenters. The minimum absolute atomic E-state index is 0.0703. The van der Waals surface area contributed by atoms with Crippen molar-refractivity contribution in [2.45, 2.75) is 25.8 Å². The summed E-state index contributed by atoms with van der Waals surface area (Å²) >= 11 is 0. The number of piperidine rings is 1. The zero-order chi connectivity index (χ0) is 14.2. The number of carbonyl (C=O) groups excluding carboxylic acids is 2. The molecule has 0 aliphatic carbocycles. The van der Waals surface area contributed by atoms with Crippen molar-refractivity contribution in [2.75, 3.05) is 26.7 Å². The van der Waals surface area contributed by atoms with Crippen molar-refractivity contribution in [3.05, 3.63) is 0 Å².